The molecule has 1 rings (SSSR count). The summed E-state index contributed by atoms with van der Waals surface area (Å²) < 4.78 is 12.3. The molecule has 1 saturated heterocycles. The van der Waals surface area contributed by atoms with Gasteiger partial charge >= 0.3 is 0 Å². The van der Waals surface area contributed by atoms with E-state index >= 15 is 0 Å². The Labute approximate surface area is 59.9 Å². The standard InChI is InChI=1S/C5H10FNO.ClH/c6-4-2-1-3-7-5(4)8;/h4-5,7-8H,1-3H2;1H. The maximum Gasteiger partial charge on any atom is 0.139 e. The van der Waals surface area contributed by atoms with E-state index in [0.717, 1.165) is 13.0 Å². The summed E-state index contributed by atoms with van der Waals surface area (Å²) in [5, 5.41) is 11.3. The first kappa shape index (κ1) is 9.14. The second-order valence-electron chi connectivity index (χ2n) is 2.06. The lowest BCUT2D eigenvalue weighted by molar-refractivity contribution is 0.0266. The number of aliphatic hydroxyl groups is 1. The summed E-state index contributed by atoms with van der Waals surface area (Å²) in [5.74, 6) is 0. The number of hydrogen-bond acceptors (Lipinski definition) is 2. The lowest BCUT2D eigenvalue weighted by Crippen LogP contribution is -2.42. The van der Waals surface area contributed by atoms with Gasteiger partial charge in [-0.15, -0.1) is 12.4 Å². The molecule has 0 spiro atoms. The molecular formula is C5H11ClFNO. The second kappa shape index (κ2) is 4.04. The largest absolute Gasteiger partial charge is 0.376 e. The SMILES string of the molecule is Cl.OC1NCCCC1F. The van der Waals surface area contributed by atoms with Crippen molar-refractivity contribution in [2.75, 3.05) is 6.54 Å². The molecule has 56 valence electrons. The Balaban J connectivity index is 0.000000640. The van der Waals surface area contributed by atoms with Crippen LogP contribution in [0.15, 0.2) is 0 Å². The van der Waals surface area contributed by atoms with E-state index in [1.807, 2.05) is 0 Å². The fourth-order valence-electron chi connectivity index (χ4n) is 0.833. The van der Waals surface area contributed by atoms with E-state index in [0.29, 0.717) is 6.42 Å². The van der Waals surface area contributed by atoms with Gasteiger partial charge in [0.05, 0.1) is 0 Å². The fraction of sp³-hybridized carbons (Fsp3) is 1.00. The molecule has 0 aromatic rings. The fourth-order valence-corrected chi connectivity index (χ4v) is 0.833. The monoisotopic (exact) mass is 155 g/mol. The zero-order chi connectivity index (χ0) is 5.98. The van der Waals surface area contributed by atoms with Crippen molar-refractivity contribution in [3.05, 3.63) is 0 Å². The molecule has 0 aliphatic carbocycles. The van der Waals surface area contributed by atoms with Crippen molar-refractivity contribution in [3.63, 3.8) is 0 Å². The van der Waals surface area contributed by atoms with Crippen molar-refractivity contribution in [2.24, 2.45) is 0 Å². The van der Waals surface area contributed by atoms with Gasteiger partial charge in [-0.05, 0) is 19.4 Å². The third kappa shape index (κ3) is 2.47. The number of aliphatic hydroxyl groups excluding tert-OH is 1. The number of rotatable bonds is 0. The highest BCUT2D eigenvalue weighted by atomic mass is 35.5. The summed E-state index contributed by atoms with van der Waals surface area (Å²) in [6.45, 7) is 0.738. The highest BCUT2D eigenvalue weighted by molar-refractivity contribution is 5.85. The molecule has 2 N–H and O–H groups in total. The van der Waals surface area contributed by atoms with E-state index in [1.54, 1.807) is 0 Å². The van der Waals surface area contributed by atoms with Gasteiger partial charge in [0, 0.05) is 0 Å². The summed E-state index contributed by atoms with van der Waals surface area (Å²) >= 11 is 0. The molecule has 2 nitrogen and oxygen atoms in total. The Morgan fingerprint density at radius 3 is 2.56 bits per heavy atom. The molecule has 0 aromatic carbocycles. The molecule has 1 aliphatic heterocycles. The van der Waals surface area contributed by atoms with Gasteiger partial charge in [-0.2, -0.15) is 0 Å². The van der Waals surface area contributed by atoms with Gasteiger partial charge in [0.1, 0.15) is 12.4 Å². The minimum absolute atomic E-state index is 0. The van der Waals surface area contributed by atoms with Crippen molar-refractivity contribution in [2.45, 2.75) is 25.2 Å². The second-order valence-corrected chi connectivity index (χ2v) is 2.06. The van der Waals surface area contributed by atoms with E-state index in [4.69, 9.17) is 5.11 Å². The van der Waals surface area contributed by atoms with Crippen LogP contribution < -0.4 is 5.32 Å². The van der Waals surface area contributed by atoms with Crippen molar-refractivity contribution in [1.82, 2.24) is 5.32 Å². The number of hydrogen-bond donors (Lipinski definition) is 2. The van der Waals surface area contributed by atoms with Crippen LogP contribution >= 0.6 is 12.4 Å². The third-order valence-electron chi connectivity index (χ3n) is 1.35. The summed E-state index contributed by atoms with van der Waals surface area (Å²) in [6, 6.07) is 0. The molecule has 0 radical (unpaired) electrons. The molecule has 0 bridgehead atoms. The number of nitrogens with one attached hydrogen (secondary N) is 1. The van der Waals surface area contributed by atoms with E-state index in [2.05, 4.69) is 5.32 Å². The van der Waals surface area contributed by atoms with Gasteiger partial charge in [-0.1, -0.05) is 0 Å². The van der Waals surface area contributed by atoms with Crippen LogP contribution in [-0.2, 0) is 0 Å². The summed E-state index contributed by atoms with van der Waals surface area (Å²) in [6.07, 6.45) is -0.639. The summed E-state index contributed by atoms with van der Waals surface area (Å²) in [5.41, 5.74) is 0. The molecule has 0 saturated carbocycles. The molecule has 2 atom stereocenters. The Morgan fingerprint density at radius 1 is 1.56 bits per heavy atom. The minimum Gasteiger partial charge on any atom is -0.376 e. The molecule has 1 heterocycles. The number of piperidine rings is 1. The Bertz CT molecular complexity index is 73.4. The van der Waals surface area contributed by atoms with Crippen LogP contribution in [0.5, 0.6) is 0 Å². The summed E-state index contributed by atoms with van der Waals surface area (Å²) in [7, 11) is 0. The smallest absolute Gasteiger partial charge is 0.139 e. The Kier molecular flexibility index (Phi) is 4.10. The van der Waals surface area contributed by atoms with Gasteiger partial charge in [-0.3, -0.25) is 5.32 Å². The lowest BCUT2D eigenvalue weighted by atomic mass is 10.1. The predicted octanol–water partition coefficient (Wildman–Crippen LogP) is 0.448. The van der Waals surface area contributed by atoms with E-state index in [1.165, 1.54) is 0 Å². The number of alkyl halides is 1. The topological polar surface area (TPSA) is 32.3 Å². The van der Waals surface area contributed by atoms with Crippen molar-refractivity contribution >= 4 is 12.4 Å². The van der Waals surface area contributed by atoms with Gasteiger partial charge in [0.25, 0.3) is 0 Å². The van der Waals surface area contributed by atoms with Crippen LogP contribution in [0.25, 0.3) is 0 Å². The van der Waals surface area contributed by atoms with Gasteiger partial charge in [0.15, 0.2) is 0 Å². The molecule has 1 fully saturated rings. The Morgan fingerprint density at radius 2 is 2.22 bits per heavy atom. The van der Waals surface area contributed by atoms with Crippen LogP contribution in [0.3, 0.4) is 0 Å². The molecule has 0 aromatic heterocycles. The molecular weight excluding hydrogens is 145 g/mol. The van der Waals surface area contributed by atoms with Crippen LogP contribution in [-0.4, -0.2) is 24.1 Å². The zero-order valence-electron chi connectivity index (χ0n) is 5.01. The molecule has 2 unspecified atom stereocenters. The maximum atomic E-state index is 12.3. The van der Waals surface area contributed by atoms with E-state index < -0.39 is 12.4 Å². The average molecular weight is 156 g/mol. The predicted molar refractivity (Wildman–Crippen MR) is 35.4 cm³/mol. The normalized spacial score (nSPS) is 35.3. The van der Waals surface area contributed by atoms with Crippen molar-refractivity contribution < 1.29 is 9.50 Å². The van der Waals surface area contributed by atoms with Gasteiger partial charge < -0.3 is 5.11 Å². The highest BCUT2D eigenvalue weighted by Gasteiger charge is 2.20. The first-order valence-electron chi connectivity index (χ1n) is 2.86. The van der Waals surface area contributed by atoms with Crippen LogP contribution in [0.1, 0.15) is 12.8 Å². The van der Waals surface area contributed by atoms with Gasteiger partial charge in [-0.25, -0.2) is 4.39 Å². The van der Waals surface area contributed by atoms with E-state index in [-0.39, 0.29) is 12.4 Å². The van der Waals surface area contributed by atoms with Crippen molar-refractivity contribution in [1.29, 1.82) is 0 Å². The van der Waals surface area contributed by atoms with Crippen LogP contribution in [0, 0.1) is 0 Å². The highest BCUT2D eigenvalue weighted by Crippen LogP contribution is 2.09. The van der Waals surface area contributed by atoms with Crippen LogP contribution in [0.2, 0.25) is 0 Å². The van der Waals surface area contributed by atoms with Crippen LogP contribution in [0.4, 0.5) is 4.39 Å². The Hall–Kier alpha value is 0.140. The van der Waals surface area contributed by atoms with Crippen molar-refractivity contribution in [3.8, 4) is 0 Å². The minimum atomic E-state index is -1.05. The average Bonchev–Trinajstić information content (AvgIpc) is 1.77. The quantitative estimate of drug-likeness (QED) is 0.533. The molecule has 4 heteroatoms. The first-order chi connectivity index (χ1) is 3.80. The zero-order valence-corrected chi connectivity index (χ0v) is 5.83. The lowest BCUT2D eigenvalue weighted by Gasteiger charge is -2.21. The number of halogens is 2. The van der Waals surface area contributed by atoms with E-state index in [9.17, 15) is 4.39 Å². The van der Waals surface area contributed by atoms with Gasteiger partial charge in [0.2, 0.25) is 0 Å². The maximum absolute atomic E-state index is 12.3. The first-order valence-corrected chi connectivity index (χ1v) is 2.86. The molecule has 9 heavy (non-hydrogen) atoms. The third-order valence-corrected chi connectivity index (χ3v) is 1.35. The molecule has 0 amide bonds. The molecule has 1 aliphatic rings. The summed E-state index contributed by atoms with van der Waals surface area (Å²) in [4.78, 5) is 0.